The lowest BCUT2D eigenvalue weighted by atomic mass is 10.2. The van der Waals surface area contributed by atoms with Crippen LogP contribution in [0.15, 0.2) is 23.4 Å². The van der Waals surface area contributed by atoms with E-state index < -0.39 is 0 Å². The summed E-state index contributed by atoms with van der Waals surface area (Å²) in [6.45, 7) is -0.0159. The van der Waals surface area contributed by atoms with E-state index in [1.54, 1.807) is 18.2 Å². The standard InChI is InChI=1S/C9H9ClIN3O2/c10-5-1-2-7(11)6(3-5)9(15)13-4-8(12)14-16/h1-3,16H,4H2,(H2,12,14)(H,13,15). The number of amidine groups is 1. The lowest BCUT2D eigenvalue weighted by molar-refractivity contribution is 0.0958. The molecule has 1 rings (SSSR count). The van der Waals surface area contributed by atoms with Crippen molar-refractivity contribution < 1.29 is 10.0 Å². The number of rotatable bonds is 3. The zero-order valence-electron chi connectivity index (χ0n) is 8.08. The molecule has 1 amide bonds. The molecule has 1 aromatic carbocycles. The van der Waals surface area contributed by atoms with Crippen molar-refractivity contribution in [2.75, 3.05) is 6.54 Å². The molecule has 0 spiro atoms. The Balaban J connectivity index is 2.77. The Morgan fingerprint density at radius 3 is 2.94 bits per heavy atom. The monoisotopic (exact) mass is 353 g/mol. The molecule has 0 unspecified atom stereocenters. The van der Waals surface area contributed by atoms with Crippen molar-refractivity contribution in [1.82, 2.24) is 5.32 Å². The van der Waals surface area contributed by atoms with Crippen LogP contribution in [0.3, 0.4) is 0 Å². The van der Waals surface area contributed by atoms with Gasteiger partial charge in [0.1, 0.15) is 0 Å². The number of nitrogens with zero attached hydrogens (tertiary/aromatic N) is 1. The van der Waals surface area contributed by atoms with E-state index in [0.717, 1.165) is 3.57 Å². The van der Waals surface area contributed by atoms with Crippen molar-refractivity contribution in [2.45, 2.75) is 0 Å². The number of carbonyl (C=O) groups excluding carboxylic acids is 1. The maximum Gasteiger partial charge on any atom is 0.252 e. The topological polar surface area (TPSA) is 87.7 Å². The highest BCUT2D eigenvalue weighted by Gasteiger charge is 2.10. The third kappa shape index (κ3) is 3.53. The molecule has 0 aliphatic heterocycles. The first-order chi connectivity index (χ1) is 7.54. The van der Waals surface area contributed by atoms with E-state index in [0.29, 0.717) is 10.6 Å². The Morgan fingerprint density at radius 1 is 1.62 bits per heavy atom. The van der Waals surface area contributed by atoms with Gasteiger partial charge in [-0.2, -0.15) is 0 Å². The normalized spacial score (nSPS) is 11.2. The van der Waals surface area contributed by atoms with Gasteiger partial charge in [0.15, 0.2) is 5.84 Å². The number of nitrogens with one attached hydrogen (secondary N) is 1. The van der Waals surface area contributed by atoms with Crippen LogP contribution in [0.5, 0.6) is 0 Å². The highest BCUT2D eigenvalue weighted by atomic mass is 127. The van der Waals surface area contributed by atoms with Crippen LogP contribution in [-0.4, -0.2) is 23.5 Å². The van der Waals surface area contributed by atoms with Crippen LogP contribution < -0.4 is 11.1 Å². The predicted octanol–water partition coefficient (Wildman–Crippen LogP) is 1.42. The van der Waals surface area contributed by atoms with Gasteiger partial charge in [-0.25, -0.2) is 0 Å². The van der Waals surface area contributed by atoms with Gasteiger partial charge in [-0.1, -0.05) is 16.8 Å². The smallest absolute Gasteiger partial charge is 0.252 e. The minimum Gasteiger partial charge on any atom is -0.409 e. The fraction of sp³-hybridized carbons (Fsp3) is 0.111. The molecule has 7 heteroatoms. The van der Waals surface area contributed by atoms with Gasteiger partial charge in [-0.15, -0.1) is 0 Å². The molecule has 4 N–H and O–H groups in total. The molecular weight excluding hydrogens is 344 g/mol. The van der Waals surface area contributed by atoms with Gasteiger partial charge in [-0.3, -0.25) is 4.79 Å². The Bertz CT molecular complexity index is 437. The van der Waals surface area contributed by atoms with Crippen LogP contribution in [0.4, 0.5) is 0 Å². The molecule has 5 nitrogen and oxygen atoms in total. The van der Waals surface area contributed by atoms with Crippen LogP contribution in [0, 0.1) is 3.57 Å². The number of halogens is 2. The highest BCUT2D eigenvalue weighted by Crippen LogP contribution is 2.17. The second-order valence-electron chi connectivity index (χ2n) is 2.90. The minimum atomic E-state index is -0.321. The third-order valence-corrected chi connectivity index (χ3v) is 2.91. The summed E-state index contributed by atoms with van der Waals surface area (Å²) < 4.78 is 0.777. The summed E-state index contributed by atoms with van der Waals surface area (Å²) in [5, 5.41) is 14.0. The average molecular weight is 354 g/mol. The third-order valence-electron chi connectivity index (χ3n) is 1.73. The summed E-state index contributed by atoms with van der Waals surface area (Å²) in [7, 11) is 0. The second-order valence-corrected chi connectivity index (χ2v) is 4.50. The van der Waals surface area contributed by atoms with Crippen molar-refractivity contribution >= 4 is 45.9 Å². The molecule has 0 heterocycles. The molecule has 0 saturated heterocycles. The highest BCUT2D eigenvalue weighted by molar-refractivity contribution is 14.1. The molecular formula is C9H9ClIN3O2. The van der Waals surface area contributed by atoms with Gasteiger partial charge < -0.3 is 16.3 Å². The largest absolute Gasteiger partial charge is 0.409 e. The van der Waals surface area contributed by atoms with Crippen LogP contribution in [0.1, 0.15) is 10.4 Å². The van der Waals surface area contributed by atoms with E-state index in [2.05, 4.69) is 10.5 Å². The summed E-state index contributed by atoms with van der Waals surface area (Å²) >= 11 is 7.81. The van der Waals surface area contributed by atoms with E-state index in [1.165, 1.54) is 0 Å². The van der Waals surface area contributed by atoms with Crippen molar-refractivity contribution in [1.29, 1.82) is 0 Å². The molecule has 0 bridgehead atoms. The Morgan fingerprint density at radius 2 is 2.31 bits per heavy atom. The molecule has 0 saturated carbocycles. The molecule has 0 fully saturated rings. The molecule has 0 aliphatic carbocycles. The number of benzene rings is 1. The second kappa shape index (κ2) is 5.90. The number of nitrogens with two attached hydrogens (primary N) is 1. The molecule has 0 atom stereocenters. The molecule has 0 radical (unpaired) electrons. The van der Waals surface area contributed by atoms with Gasteiger partial charge in [0.05, 0.1) is 12.1 Å². The molecule has 16 heavy (non-hydrogen) atoms. The minimum absolute atomic E-state index is 0.0159. The summed E-state index contributed by atoms with van der Waals surface area (Å²) in [4.78, 5) is 11.7. The van der Waals surface area contributed by atoms with Gasteiger partial charge in [0, 0.05) is 8.59 Å². The van der Waals surface area contributed by atoms with Crippen LogP contribution >= 0.6 is 34.2 Å². The first-order valence-electron chi connectivity index (χ1n) is 4.24. The SMILES string of the molecule is N/C(CNC(=O)c1cc(Cl)ccc1I)=N/O. The zero-order chi connectivity index (χ0) is 12.1. The predicted molar refractivity (Wildman–Crippen MR) is 69.9 cm³/mol. The van der Waals surface area contributed by atoms with Crippen LogP contribution in [0.2, 0.25) is 5.02 Å². The number of hydrogen-bond acceptors (Lipinski definition) is 3. The zero-order valence-corrected chi connectivity index (χ0v) is 11.0. The van der Waals surface area contributed by atoms with Crippen molar-refractivity contribution in [3.8, 4) is 0 Å². The quantitative estimate of drug-likeness (QED) is 0.252. The Hall–Kier alpha value is -1.02. The van der Waals surface area contributed by atoms with Crippen molar-refractivity contribution in [3.63, 3.8) is 0 Å². The van der Waals surface area contributed by atoms with Gasteiger partial charge in [-0.05, 0) is 40.8 Å². The van der Waals surface area contributed by atoms with Crippen molar-refractivity contribution in [2.24, 2.45) is 10.9 Å². The number of carbonyl (C=O) groups is 1. The Kier molecular flexibility index (Phi) is 4.81. The number of hydrogen-bond donors (Lipinski definition) is 3. The van der Waals surface area contributed by atoms with E-state index in [1.807, 2.05) is 22.6 Å². The maximum atomic E-state index is 11.7. The summed E-state index contributed by atoms with van der Waals surface area (Å²) in [6.07, 6.45) is 0. The van der Waals surface area contributed by atoms with Crippen molar-refractivity contribution in [3.05, 3.63) is 32.4 Å². The molecule has 86 valence electrons. The lowest BCUT2D eigenvalue weighted by Crippen LogP contribution is -2.33. The summed E-state index contributed by atoms with van der Waals surface area (Å²) in [5.41, 5.74) is 5.68. The first-order valence-corrected chi connectivity index (χ1v) is 5.70. The first kappa shape index (κ1) is 13.0. The van der Waals surface area contributed by atoms with E-state index in [4.69, 9.17) is 22.5 Å². The van der Waals surface area contributed by atoms with Gasteiger partial charge in [0.2, 0.25) is 0 Å². The van der Waals surface area contributed by atoms with E-state index in [-0.39, 0.29) is 18.3 Å². The fourth-order valence-electron chi connectivity index (χ4n) is 0.973. The summed E-state index contributed by atoms with van der Waals surface area (Å²) in [5.74, 6) is -0.385. The van der Waals surface area contributed by atoms with E-state index >= 15 is 0 Å². The number of amides is 1. The molecule has 1 aromatic rings. The lowest BCUT2D eigenvalue weighted by Gasteiger charge is -2.06. The maximum absolute atomic E-state index is 11.7. The van der Waals surface area contributed by atoms with E-state index in [9.17, 15) is 4.79 Å². The van der Waals surface area contributed by atoms with Crippen LogP contribution in [-0.2, 0) is 0 Å². The summed E-state index contributed by atoms with van der Waals surface area (Å²) in [6, 6.07) is 5.00. The van der Waals surface area contributed by atoms with Gasteiger partial charge >= 0.3 is 0 Å². The molecule has 0 aliphatic rings. The number of oxime groups is 1. The average Bonchev–Trinajstić information content (AvgIpc) is 2.28. The van der Waals surface area contributed by atoms with Gasteiger partial charge in [0.25, 0.3) is 5.91 Å². The Labute approximate surface area is 111 Å². The van der Waals surface area contributed by atoms with Crippen LogP contribution in [0.25, 0.3) is 0 Å². The molecule has 0 aromatic heterocycles. The fourth-order valence-corrected chi connectivity index (χ4v) is 1.73.